The zero-order valence-corrected chi connectivity index (χ0v) is 17.1. The molecule has 0 aliphatic carbocycles. The van der Waals surface area contributed by atoms with Crippen molar-refractivity contribution in [2.24, 2.45) is 5.92 Å². The molecule has 27 heavy (non-hydrogen) atoms. The molecule has 0 amide bonds. The highest BCUT2D eigenvalue weighted by Crippen LogP contribution is 2.30. The van der Waals surface area contributed by atoms with Crippen molar-refractivity contribution in [1.82, 2.24) is 0 Å². The largest absolute Gasteiger partial charge is 0.393 e. The lowest BCUT2D eigenvalue weighted by Crippen LogP contribution is -2.44. The van der Waals surface area contributed by atoms with Crippen LogP contribution in [-0.2, 0) is 18.9 Å². The van der Waals surface area contributed by atoms with E-state index in [1.165, 1.54) is 12.8 Å². The molecule has 2 aliphatic rings. The molecule has 0 bridgehead atoms. The van der Waals surface area contributed by atoms with Crippen LogP contribution in [0.2, 0.25) is 0 Å². The molecular formula is C22H38O5. The summed E-state index contributed by atoms with van der Waals surface area (Å²) >= 11 is 0. The minimum atomic E-state index is -0.461. The topological polar surface area (TPSA) is 57.2 Å². The van der Waals surface area contributed by atoms with Crippen molar-refractivity contribution >= 4 is 0 Å². The number of hydrogen-bond donors (Lipinski definition) is 1. The predicted octanol–water partition coefficient (Wildman–Crippen LogP) is 4.35. The van der Waals surface area contributed by atoms with Gasteiger partial charge in [-0.1, -0.05) is 44.4 Å². The minimum Gasteiger partial charge on any atom is -0.393 e. The Kier molecular flexibility index (Phi) is 10.6. The van der Waals surface area contributed by atoms with E-state index in [0.29, 0.717) is 12.8 Å². The maximum Gasteiger partial charge on any atom is 0.160 e. The van der Waals surface area contributed by atoms with Gasteiger partial charge in [-0.3, -0.25) is 0 Å². The van der Waals surface area contributed by atoms with Crippen LogP contribution in [0.15, 0.2) is 24.8 Å². The quantitative estimate of drug-likeness (QED) is 0.425. The Hall–Kier alpha value is -0.720. The smallest absolute Gasteiger partial charge is 0.160 e. The normalized spacial score (nSPS) is 33.2. The van der Waals surface area contributed by atoms with Crippen LogP contribution in [0.1, 0.15) is 64.7 Å². The number of hydrogen-bond acceptors (Lipinski definition) is 5. The zero-order chi connectivity index (χ0) is 19.5. The summed E-state index contributed by atoms with van der Waals surface area (Å²) in [4.78, 5) is 0. The van der Waals surface area contributed by atoms with E-state index in [1.807, 2.05) is 12.2 Å². The third-order valence-corrected chi connectivity index (χ3v) is 5.43. The van der Waals surface area contributed by atoms with Crippen LogP contribution < -0.4 is 0 Å². The van der Waals surface area contributed by atoms with Gasteiger partial charge >= 0.3 is 0 Å². The lowest BCUT2D eigenvalue weighted by Gasteiger charge is -2.38. The van der Waals surface area contributed by atoms with Crippen LogP contribution in [-0.4, -0.2) is 49.7 Å². The lowest BCUT2D eigenvalue weighted by atomic mass is 9.87. The Morgan fingerprint density at radius 3 is 2.78 bits per heavy atom. The average molecular weight is 383 g/mol. The van der Waals surface area contributed by atoms with Crippen LogP contribution in [0.4, 0.5) is 0 Å². The highest BCUT2D eigenvalue weighted by atomic mass is 16.7. The number of ether oxygens (including phenoxy) is 4. The second-order valence-corrected chi connectivity index (χ2v) is 7.61. The van der Waals surface area contributed by atoms with Gasteiger partial charge in [0.05, 0.1) is 18.3 Å². The van der Waals surface area contributed by atoms with Crippen molar-refractivity contribution in [3.63, 3.8) is 0 Å². The van der Waals surface area contributed by atoms with E-state index >= 15 is 0 Å². The molecule has 0 radical (unpaired) electrons. The van der Waals surface area contributed by atoms with Crippen LogP contribution >= 0.6 is 0 Å². The maximum absolute atomic E-state index is 10.5. The van der Waals surface area contributed by atoms with Crippen molar-refractivity contribution in [3.8, 4) is 0 Å². The molecule has 1 N–H and O–H groups in total. The van der Waals surface area contributed by atoms with E-state index in [9.17, 15) is 5.11 Å². The Morgan fingerprint density at radius 1 is 1.26 bits per heavy atom. The molecule has 2 unspecified atom stereocenters. The summed E-state index contributed by atoms with van der Waals surface area (Å²) in [6, 6.07) is 0. The van der Waals surface area contributed by atoms with Crippen LogP contribution in [0.25, 0.3) is 0 Å². The molecule has 5 nitrogen and oxygen atoms in total. The molecule has 0 aromatic rings. The number of aliphatic hydroxyl groups excluding tert-OH is 1. The number of allylic oxidation sites excluding steroid dienone is 1. The highest BCUT2D eigenvalue weighted by Gasteiger charge is 2.36. The number of methoxy groups -OCH3 is 1. The van der Waals surface area contributed by atoms with Crippen LogP contribution in [0.5, 0.6) is 0 Å². The Bertz CT molecular complexity index is 432. The minimum absolute atomic E-state index is 0.00706. The molecule has 2 heterocycles. The number of aliphatic hydroxyl groups is 1. The molecule has 156 valence electrons. The maximum atomic E-state index is 10.5. The fourth-order valence-corrected chi connectivity index (χ4v) is 3.80. The Balaban J connectivity index is 2.01. The molecule has 2 rings (SSSR count). The Labute approximate surface area is 164 Å². The zero-order valence-electron chi connectivity index (χ0n) is 17.1. The van der Waals surface area contributed by atoms with E-state index in [-0.39, 0.29) is 30.7 Å². The summed E-state index contributed by atoms with van der Waals surface area (Å²) in [6.07, 6.45) is 13.8. The summed E-state index contributed by atoms with van der Waals surface area (Å²) < 4.78 is 23.3. The first-order chi connectivity index (χ1) is 13.2. The van der Waals surface area contributed by atoms with Gasteiger partial charge in [0.1, 0.15) is 0 Å². The fourth-order valence-electron chi connectivity index (χ4n) is 3.80. The third-order valence-electron chi connectivity index (χ3n) is 5.43. The molecule has 2 saturated heterocycles. The lowest BCUT2D eigenvalue weighted by molar-refractivity contribution is -0.213. The monoisotopic (exact) mass is 382 g/mol. The van der Waals surface area contributed by atoms with Gasteiger partial charge in [0.25, 0.3) is 0 Å². The summed E-state index contributed by atoms with van der Waals surface area (Å²) in [7, 11) is 1.61. The van der Waals surface area contributed by atoms with Gasteiger partial charge in [0.2, 0.25) is 0 Å². The predicted molar refractivity (Wildman–Crippen MR) is 106 cm³/mol. The van der Waals surface area contributed by atoms with Gasteiger partial charge in [0.15, 0.2) is 12.6 Å². The van der Waals surface area contributed by atoms with Gasteiger partial charge in [-0.05, 0) is 32.1 Å². The van der Waals surface area contributed by atoms with Gasteiger partial charge in [0, 0.05) is 26.1 Å². The first-order valence-electron chi connectivity index (χ1n) is 10.6. The molecule has 2 fully saturated rings. The Morgan fingerprint density at radius 2 is 2.11 bits per heavy atom. The van der Waals surface area contributed by atoms with Crippen molar-refractivity contribution < 1.29 is 24.1 Å². The molecule has 0 saturated carbocycles. The molecule has 2 aliphatic heterocycles. The van der Waals surface area contributed by atoms with E-state index in [1.54, 1.807) is 7.11 Å². The van der Waals surface area contributed by atoms with E-state index < -0.39 is 6.10 Å². The highest BCUT2D eigenvalue weighted by molar-refractivity contribution is 5.02. The molecule has 6 atom stereocenters. The van der Waals surface area contributed by atoms with Crippen LogP contribution in [0, 0.1) is 5.92 Å². The summed E-state index contributed by atoms with van der Waals surface area (Å²) in [5, 5.41) is 10.5. The third kappa shape index (κ3) is 7.66. The van der Waals surface area contributed by atoms with Crippen molar-refractivity contribution in [3.05, 3.63) is 24.8 Å². The van der Waals surface area contributed by atoms with Gasteiger partial charge in [-0.2, -0.15) is 0 Å². The molecule has 0 aromatic heterocycles. The van der Waals surface area contributed by atoms with E-state index in [4.69, 9.17) is 18.9 Å². The summed E-state index contributed by atoms with van der Waals surface area (Å²) in [5.74, 6) is -0.00706. The van der Waals surface area contributed by atoms with Gasteiger partial charge < -0.3 is 24.1 Å². The molecule has 0 aromatic carbocycles. The van der Waals surface area contributed by atoms with E-state index in [2.05, 4.69) is 19.6 Å². The molecule has 0 spiro atoms. The number of rotatable bonds is 11. The van der Waals surface area contributed by atoms with Gasteiger partial charge in [-0.15, -0.1) is 6.58 Å². The molecule has 5 heteroatoms. The average Bonchev–Trinajstić information content (AvgIpc) is 2.68. The first-order valence-corrected chi connectivity index (χ1v) is 10.6. The second kappa shape index (κ2) is 12.7. The van der Waals surface area contributed by atoms with Crippen LogP contribution in [0.3, 0.4) is 0 Å². The first kappa shape index (κ1) is 22.6. The fraction of sp³-hybridized carbons (Fsp3) is 0.818. The SMILES string of the molecule is C=CC[C@@H]1[C@H](O)C[C@H](OC)O[C@H]1C=CC(CCCCC)OC1CCCCO1. The van der Waals surface area contributed by atoms with Crippen molar-refractivity contribution in [2.75, 3.05) is 13.7 Å². The van der Waals surface area contributed by atoms with Gasteiger partial charge in [-0.25, -0.2) is 0 Å². The second-order valence-electron chi connectivity index (χ2n) is 7.61. The summed E-state index contributed by atoms with van der Waals surface area (Å²) in [6.45, 7) is 6.81. The summed E-state index contributed by atoms with van der Waals surface area (Å²) in [5.41, 5.74) is 0. The molecular weight excluding hydrogens is 344 g/mol. The van der Waals surface area contributed by atoms with Crippen molar-refractivity contribution in [1.29, 1.82) is 0 Å². The number of unbranched alkanes of at least 4 members (excludes halogenated alkanes) is 2. The van der Waals surface area contributed by atoms with E-state index in [0.717, 1.165) is 38.7 Å². The standard InChI is InChI=1S/C22H38O5/c1-4-6-7-11-17(26-21-12-8-9-15-25-21)13-14-20-18(10-5-2)19(23)16-22(24-3)27-20/h5,13-14,17-23H,2,4,6-12,15-16H2,1,3H3/t17?,18-,19-,20+,21?,22-/m1/s1. The van der Waals surface area contributed by atoms with Crippen molar-refractivity contribution in [2.45, 2.75) is 95.6 Å².